The third-order valence-electron chi connectivity index (χ3n) is 0.612. The van der Waals surface area contributed by atoms with Gasteiger partial charge in [0.2, 0.25) is 0 Å². The highest BCUT2D eigenvalue weighted by molar-refractivity contribution is 7.80. The molecule has 0 aromatic carbocycles. The molecule has 0 rings (SSSR count). The van der Waals surface area contributed by atoms with Crippen LogP contribution in [0.5, 0.6) is 0 Å². The van der Waals surface area contributed by atoms with Crippen molar-refractivity contribution in [2.24, 2.45) is 5.73 Å². The Hall–Kier alpha value is 0.310. The molecule has 1 nitrogen and oxygen atoms in total. The molecule has 0 saturated carbocycles. The van der Waals surface area contributed by atoms with Gasteiger partial charge in [0.15, 0.2) is 0 Å². The van der Waals surface area contributed by atoms with Crippen molar-refractivity contribution in [2.45, 2.75) is 12.8 Å². The van der Waals surface area contributed by atoms with Gasteiger partial charge in [0.1, 0.15) is 0 Å². The smallest absolute Gasteiger partial charge is 0.00770 e. The van der Waals surface area contributed by atoms with E-state index in [1.54, 1.807) is 0 Å². The van der Waals surface area contributed by atoms with E-state index in [2.05, 4.69) is 12.6 Å². The lowest BCUT2D eigenvalue weighted by Crippen LogP contribution is -1.97. The zero-order valence-corrected chi connectivity index (χ0v) is 4.75. The van der Waals surface area contributed by atoms with E-state index in [0.717, 1.165) is 25.1 Å². The lowest BCUT2D eigenvalue weighted by Gasteiger charge is -1.86. The Morgan fingerprint density at radius 2 is 2.00 bits per heavy atom. The third-order valence-corrected chi connectivity index (χ3v) is 0.928. The SMILES string of the molecule is NCCCC[35SH]. The van der Waals surface area contributed by atoms with E-state index in [4.69, 9.17) is 5.73 Å². The van der Waals surface area contributed by atoms with E-state index in [0.29, 0.717) is 0 Å². The van der Waals surface area contributed by atoms with Crippen molar-refractivity contribution in [3.63, 3.8) is 0 Å². The topological polar surface area (TPSA) is 26.0 Å². The molecule has 38 valence electrons. The summed E-state index contributed by atoms with van der Waals surface area (Å²) in [5.41, 5.74) is 5.18. The third kappa shape index (κ3) is 4.31. The fourth-order valence-electron chi connectivity index (χ4n) is 0.256. The van der Waals surface area contributed by atoms with Crippen LogP contribution >= 0.6 is 12.6 Å². The van der Waals surface area contributed by atoms with Gasteiger partial charge in [-0.1, -0.05) is 0 Å². The lowest BCUT2D eigenvalue weighted by molar-refractivity contribution is 0.816. The maximum atomic E-state index is 5.18. The van der Waals surface area contributed by atoms with E-state index < -0.39 is 0 Å². The number of rotatable bonds is 3. The van der Waals surface area contributed by atoms with Gasteiger partial charge in [-0.25, -0.2) is 0 Å². The van der Waals surface area contributed by atoms with Crippen molar-refractivity contribution in [2.75, 3.05) is 12.3 Å². The minimum atomic E-state index is 0.806. The molecule has 0 aromatic heterocycles. The number of unbranched alkanes of at least 4 members (excludes halogenated alkanes) is 1. The summed E-state index contributed by atoms with van der Waals surface area (Å²) in [5, 5.41) is 0. The molecule has 0 aliphatic carbocycles. The van der Waals surface area contributed by atoms with Crippen LogP contribution in [-0.2, 0) is 0 Å². The van der Waals surface area contributed by atoms with Gasteiger partial charge in [-0.05, 0) is 25.1 Å². The molecule has 0 fully saturated rings. The van der Waals surface area contributed by atoms with Crippen LogP contribution in [0.3, 0.4) is 0 Å². The Balaban J connectivity index is 2.34. The minimum Gasteiger partial charge on any atom is -0.330 e. The Kier molecular flexibility index (Phi) is 5.58. The van der Waals surface area contributed by atoms with Crippen LogP contribution in [0, 0.1) is 0 Å². The number of thiol groups is 1. The fraction of sp³-hybridized carbons (Fsp3) is 1.00. The Morgan fingerprint density at radius 3 is 2.17 bits per heavy atom. The Labute approximate surface area is 44.3 Å². The molecule has 0 spiro atoms. The average molecular weight is 108 g/mol. The second-order valence-corrected chi connectivity index (χ2v) is 1.67. The van der Waals surface area contributed by atoms with Crippen LogP contribution in [0.1, 0.15) is 12.8 Å². The molecule has 6 heavy (non-hydrogen) atoms. The van der Waals surface area contributed by atoms with E-state index in [1.165, 1.54) is 0 Å². The zero-order chi connectivity index (χ0) is 4.83. The summed E-state index contributed by atoms with van der Waals surface area (Å²) in [4.78, 5) is 0. The fourth-order valence-corrected chi connectivity index (χ4v) is 0.480. The summed E-state index contributed by atoms with van der Waals surface area (Å²) in [5.74, 6) is 0.969. The molecule has 0 aromatic rings. The molecular formula is C4H11NS. The van der Waals surface area contributed by atoms with Crippen LogP contribution in [0.4, 0.5) is 0 Å². The molecule has 2 N–H and O–H groups in total. The first-order valence-electron chi connectivity index (χ1n) is 2.22. The van der Waals surface area contributed by atoms with Crippen molar-refractivity contribution >= 4 is 12.6 Å². The molecule has 0 bridgehead atoms. The first-order valence-corrected chi connectivity index (χ1v) is 2.86. The predicted octanol–water partition coefficient (Wildman–Crippen LogP) is 0.655. The summed E-state index contributed by atoms with van der Waals surface area (Å²) < 4.78 is 0. The number of nitrogens with two attached hydrogens (primary N) is 1. The molecule has 0 aliphatic rings. The highest BCUT2D eigenvalue weighted by Gasteiger charge is 1.75. The van der Waals surface area contributed by atoms with E-state index >= 15 is 0 Å². The highest BCUT2D eigenvalue weighted by atomic mass is 35.0. The quantitative estimate of drug-likeness (QED) is 0.403. The van der Waals surface area contributed by atoms with Crippen LogP contribution in [0.15, 0.2) is 0 Å². The van der Waals surface area contributed by atoms with Crippen molar-refractivity contribution in [3.8, 4) is 0 Å². The lowest BCUT2D eigenvalue weighted by atomic mass is 10.3. The van der Waals surface area contributed by atoms with Crippen LogP contribution in [0.2, 0.25) is 0 Å². The standard InChI is InChI=1S/C4H11NS/c5-3-1-2-4-6/h6H,1-5H2/i6+3. The first kappa shape index (κ1) is 6.31. The predicted molar refractivity (Wildman–Crippen MR) is 32.1 cm³/mol. The van der Waals surface area contributed by atoms with Gasteiger partial charge in [0.05, 0.1) is 0 Å². The summed E-state index contributed by atoms with van der Waals surface area (Å²) in [6, 6.07) is 0. The van der Waals surface area contributed by atoms with Crippen molar-refractivity contribution in [1.29, 1.82) is 0 Å². The van der Waals surface area contributed by atoms with Gasteiger partial charge in [0.25, 0.3) is 0 Å². The number of hydrogen-bond acceptors (Lipinski definition) is 2. The number of hydrogen-bond donors (Lipinski definition) is 2. The van der Waals surface area contributed by atoms with Crippen LogP contribution in [-0.4, -0.2) is 12.3 Å². The van der Waals surface area contributed by atoms with E-state index in [-0.39, 0.29) is 0 Å². The maximum absolute atomic E-state index is 5.18. The maximum Gasteiger partial charge on any atom is -0.00770 e. The first-order chi connectivity index (χ1) is 2.91. The summed E-state index contributed by atoms with van der Waals surface area (Å²) in [7, 11) is 0. The molecule has 0 atom stereocenters. The second kappa shape index (κ2) is 5.31. The molecule has 0 heterocycles. The molecule has 0 saturated heterocycles. The van der Waals surface area contributed by atoms with Crippen LogP contribution in [0.25, 0.3) is 0 Å². The van der Waals surface area contributed by atoms with Gasteiger partial charge < -0.3 is 5.73 Å². The molecule has 2 heteroatoms. The molecule has 0 unspecified atom stereocenters. The van der Waals surface area contributed by atoms with E-state index in [9.17, 15) is 0 Å². The van der Waals surface area contributed by atoms with Gasteiger partial charge in [-0.2, -0.15) is 12.6 Å². The zero-order valence-electron chi connectivity index (χ0n) is 3.85. The summed E-state index contributed by atoms with van der Waals surface area (Å²) in [6.07, 6.45) is 2.27. The van der Waals surface area contributed by atoms with Crippen molar-refractivity contribution < 1.29 is 0 Å². The molecular weight excluding hydrogens is 97.0 g/mol. The second-order valence-electron chi connectivity index (χ2n) is 1.22. The van der Waals surface area contributed by atoms with E-state index in [1.807, 2.05) is 0 Å². The van der Waals surface area contributed by atoms with Gasteiger partial charge in [-0.15, -0.1) is 0 Å². The minimum absolute atomic E-state index is 0.806. The Morgan fingerprint density at radius 1 is 1.33 bits per heavy atom. The molecule has 0 radical (unpaired) electrons. The Bertz CT molecular complexity index is 19.5. The van der Waals surface area contributed by atoms with Crippen LogP contribution < -0.4 is 5.73 Å². The van der Waals surface area contributed by atoms with Gasteiger partial charge >= 0.3 is 0 Å². The van der Waals surface area contributed by atoms with Gasteiger partial charge in [-0.3, -0.25) is 0 Å². The van der Waals surface area contributed by atoms with Gasteiger partial charge in [0, 0.05) is 0 Å². The largest absolute Gasteiger partial charge is 0.330 e. The van der Waals surface area contributed by atoms with Crippen molar-refractivity contribution in [3.05, 3.63) is 0 Å². The summed E-state index contributed by atoms with van der Waals surface area (Å²) >= 11 is 4.00. The monoisotopic (exact) mass is 108 g/mol. The van der Waals surface area contributed by atoms with Crippen molar-refractivity contribution in [1.82, 2.24) is 0 Å². The molecule has 0 aliphatic heterocycles. The molecule has 0 amide bonds. The highest BCUT2D eigenvalue weighted by Crippen LogP contribution is 1.85. The average Bonchev–Trinajstić information content (AvgIpc) is 1.61. The normalized spacial score (nSPS) is 9.00. The summed E-state index contributed by atoms with van der Waals surface area (Å²) in [6.45, 7) is 0.806.